The summed E-state index contributed by atoms with van der Waals surface area (Å²) in [5.41, 5.74) is 0. The summed E-state index contributed by atoms with van der Waals surface area (Å²) in [5, 5.41) is 12.8. The number of amides is 2. The summed E-state index contributed by atoms with van der Waals surface area (Å²) in [4.78, 5) is 24.2. The van der Waals surface area contributed by atoms with E-state index in [4.69, 9.17) is 5.41 Å². The predicted molar refractivity (Wildman–Crippen MR) is 90.6 cm³/mol. The molecule has 0 heterocycles. The molecule has 0 saturated carbocycles. The van der Waals surface area contributed by atoms with Crippen LogP contribution in [0.3, 0.4) is 0 Å². The van der Waals surface area contributed by atoms with E-state index in [1.807, 2.05) is 13.8 Å². The van der Waals surface area contributed by atoms with Crippen LogP contribution in [0.25, 0.3) is 0 Å². The second-order valence-electron chi connectivity index (χ2n) is 5.85. The summed E-state index contributed by atoms with van der Waals surface area (Å²) in [6, 6.07) is 0. The highest BCUT2D eigenvalue weighted by Crippen LogP contribution is 2.13. The quantitative estimate of drug-likeness (QED) is 0.425. The Morgan fingerprint density at radius 1 is 0.818 bits per heavy atom. The molecule has 2 amide bonds. The molecule has 0 bridgehead atoms. The Bertz CT molecular complexity index is 324. The second-order valence-corrected chi connectivity index (χ2v) is 5.85. The smallest absolute Gasteiger partial charge is 0.229 e. The molecule has 5 heteroatoms. The van der Waals surface area contributed by atoms with Gasteiger partial charge in [-0.25, -0.2) is 0 Å². The second kappa shape index (κ2) is 12.2. The largest absolute Gasteiger partial charge is 0.296 e. The number of rotatable bonds is 10. The molecule has 0 radical (unpaired) electrons. The van der Waals surface area contributed by atoms with E-state index in [9.17, 15) is 9.59 Å². The zero-order valence-electron chi connectivity index (χ0n) is 14.6. The lowest BCUT2D eigenvalue weighted by Crippen LogP contribution is -2.47. The average molecular weight is 311 g/mol. The molecule has 0 rings (SSSR count). The first-order valence-corrected chi connectivity index (χ1v) is 8.70. The van der Waals surface area contributed by atoms with Gasteiger partial charge in [0.1, 0.15) is 0 Å². The first-order chi connectivity index (χ1) is 10.5. The molecule has 0 spiro atoms. The van der Waals surface area contributed by atoms with E-state index in [0.29, 0.717) is 0 Å². The third-order valence-electron chi connectivity index (χ3n) is 4.04. The van der Waals surface area contributed by atoms with Gasteiger partial charge in [0, 0.05) is 11.8 Å². The number of carbonyl (C=O) groups excluding carboxylic acids is 2. The summed E-state index contributed by atoms with van der Waals surface area (Å²) in [7, 11) is 0. The molecule has 128 valence electrons. The van der Waals surface area contributed by atoms with Gasteiger partial charge in [0.05, 0.1) is 0 Å². The maximum absolute atomic E-state index is 12.1. The molecule has 0 aromatic rings. The lowest BCUT2D eigenvalue weighted by Gasteiger charge is -2.17. The maximum atomic E-state index is 12.1. The molecule has 0 aromatic carbocycles. The molecule has 0 aromatic heterocycles. The molecular weight excluding hydrogens is 278 g/mol. The number of guanidine groups is 1. The van der Waals surface area contributed by atoms with Crippen LogP contribution >= 0.6 is 0 Å². The summed E-state index contributed by atoms with van der Waals surface area (Å²) < 4.78 is 0. The van der Waals surface area contributed by atoms with Crippen molar-refractivity contribution in [2.45, 2.75) is 79.1 Å². The lowest BCUT2D eigenvalue weighted by atomic mass is 9.98. The van der Waals surface area contributed by atoms with Gasteiger partial charge in [-0.3, -0.25) is 25.6 Å². The van der Waals surface area contributed by atoms with E-state index in [1.54, 1.807) is 0 Å². The Morgan fingerprint density at radius 3 is 1.45 bits per heavy atom. The van der Waals surface area contributed by atoms with Crippen molar-refractivity contribution in [1.29, 1.82) is 5.41 Å². The van der Waals surface area contributed by atoms with Crippen molar-refractivity contribution in [3.8, 4) is 0 Å². The van der Waals surface area contributed by atoms with Crippen LogP contribution in [-0.2, 0) is 9.59 Å². The van der Waals surface area contributed by atoms with Crippen LogP contribution in [0.15, 0.2) is 0 Å². The van der Waals surface area contributed by atoms with Gasteiger partial charge >= 0.3 is 0 Å². The van der Waals surface area contributed by atoms with Crippen LogP contribution in [0.2, 0.25) is 0 Å². The van der Waals surface area contributed by atoms with Crippen LogP contribution in [0.4, 0.5) is 0 Å². The highest BCUT2D eigenvalue weighted by molar-refractivity contribution is 6.04. The van der Waals surface area contributed by atoms with E-state index in [2.05, 4.69) is 24.5 Å². The van der Waals surface area contributed by atoms with Crippen LogP contribution < -0.4 is 10.6 Å². The van der Waals surface area contributed by atoms with Crippen LogP contribution in [0.5, 0.6) is 0 Å². The van der Waals surface area contributed by atoms with Crippen molar-refractivity contribution in [3.63, 3.8) is 0 Å². The standard InChI is InChI=1S/C17H33N3O2/c1-5-9-11-13(7-3)15(21)19-17(18)20-16(22)14(8-4)12-10-6-2/h13-14H,5-12H2,1-4H3,(H3,18,19,20,21,22)/t13-,14-/m1/s1. The number of nitrogens with one attached hydrogen (secondary N) is 3. The number of unbranched alkanes of at least 4 members (excludes halogenated alkanes) is 2. The zero-order chi connectivity index (χ0) is 17.0. The summed E-state index contributed by atoms with van der Waals surface area (Å²) in [6.07, 6.45) is 7.26. The minimum Gasteiger partial charge on any atom is -0.296 e. The van der Waals surface area contributed by atoms with E-state index < -0.39 is 0 Å². The summed E-state index contributed by atoms with van der Waals surface area (Å²) in [5.74, 6) is -0.691. The molecule has 0 aliphatic rings. The maximum Gasteiger partial charge on any atom is 0.229 e. The fraction of sp³-hybridized carbons (Fsp3) is 0.824. The summed E-state index contributed by atoms with van der Waals surface area (Å²) in [6.45, 7) is 8.13. The Balaban J connectivity index is 4.35. The molecule has 5 nitrogen and oxygen atoms in total. The molecule has 0 aliphatic heterocycles. The van der Waals surface area contributed by atoms with Gasteiger partial charge in [-0.05, 0) is 25.7 Å². The van der Waals surface area contributed by atoms with Crippen molar-refractivity contribution in [2.24, 2.45) is 11.8 Å². The topological polar surface area (TPSA) is 82.1 Å². The molecule has 2 atom stereocenters. The fourth-order valence-electron chi connectivity index (χ4n) is 2.42. The molecule has 3 N–H and O–H groups in total. The Hall–Kier alpha value is -1.39. The van der Waals surface area contributed by atoms with E-state index >= 15 is 0 Å². The van der Waals surface area contributed by atoms with E-state index in [0.717, 1.165) is 51.4 Å². The highest BCUT2D eigenvalue weighted by atomic mass is 16.2. The Labute approximate surface area is 135 Å². The van der Waals surface area contributed by atoms with Crippen molar-refractivity contribution < 1.29 is 9.59 Å². The number of hydrogen-bond acceptors (Lipinski definition) is 3. The van der Waals surface area contributed by atoms with E-state index in [-0.39, 0.29) is 29.6 Å². The van der Waals surface area contributed by atoms with Gasteiger partial charge < -0.3 is 0 Å². The third kappa shape index (κ3) is 8.15. The van der Waals surface area contributed by atoms with Gasteiger partial charge in [-0.15, -0.1) is 0 Å². The van der Waals surface area contributed by atoms with Crippen molar-refractivity contribution >= 4 is 17.8 Å². The summed E-state index contributed by atoms with van der Waals surface area (Å²) >= 11 is 0. The highest BCUT2D eigenvalue weighted by Gasteiger charge is 2.20. The van der Waals surface area contributed by atoms with Gasteiger partial charge in [-0.1, -0.05) is 53.4 Å². The minimum atomic E-state index is -0.195. The molecule has 0 aliphatic carbocycles. The first kappa shape index (κ1) is 20.6. The normalized spacial score (nSPS) is 13.3. The van der Waals surface area contributed by atoms with Crippen molar-refractivity contribution in [2.75, 3.05) is 0 Å². The van der Waals surface area contributed by atoms with Crippen LogP contribution in [0.1, 0.15) is 79.1 Å². The third-order valence-corrected chi connectivity index (χ3v) is 4.04. The van der Waals surface area contributed by atoms with Crippen molar-refractivity contribution in [3.05, 3.63) is 0 Å². The minimum absolute atomic E-state index is 0.0840. The van der Waals surface area contributed by atoms with Gasteiger partial charge in [0.15, 0.2) is 0 Å². The lowest BCUT2D eigenvalue weighted by molar-refractivity contribution is -0.124. The molecule has 0 fully saturated rings. The van der Waals surface area contributed by atoms with Gasteiger partial charge in [-0.2, -0.15) is 0 Å². The molecule has 0 saturated heterocycles. The van der Waals surface area contributed by atoms with E-state index in [1.165, 1.54) is 0 Å². The molecule has 0 unspecified atom stereocenters. The first-order valence-electron chi connectivity index (χ1n) is 8.70. The van der Waals surface area contributed by atoms with Gasteiger partial charge in [0.2, 0.25) is 17.8 Å². The molecular formula is C17H33N3O2. The number of carbonyl (C=O) groups is 2. The van der Waals surface area contributed by atoms with Crippen molar-refractivity contribution in [1.82, 2.24) is 10.6 Å². The zero-order valence-corrected chi connectivity index (χ0v) is 14.6. The molecule has 22 heavy (non-hydrogen) atoms. The fourth-order valence-corrected chi connectivity index (χ4v) is 2.42. The monoisotopic (exact) mass is 311 g/mol. The Kier molecular flexibility index (Phi) is 11.4. The Morgan fingerprint density at radius 2 is 1.18 bits per heavy atom. The van der Waals surface area contributed by atoms with Crippen LogP contribution in [0, 0.1) is 17.2 Å². The number of hydrogen-bond donors (Lipinski definition) is 3. The SMILES string of the molecule is CCCC[C@@H](CC)C(=O)NC(=N)NC(=O)[C@H](CC)CCCC. The van der Waals surface area contributed by atoms with Gasteiger partial charge in [0.25, 0.3) is 0 Å². The van der Waals surface area contributed by atoms with Crippen LogP contribution in [-0.4, -0.2) is 17.8 Å². The average Bonchev–Trinajstić information content (AvgIpc) is 2.48. The predicted octanol–water partition coefficient (Wildman–Crippen LogP) is 3.59.